The van der Waals surface area contributed by atoms with Gasteiger partial charge in [0.15, 0.2) is 0 Å². The fraction of sp³-hybridized carbons (Fsp3) is 0.349. The number of aryl methyl sites for hydroxylation is 1. The number of hydrogen-bond donors (Lipinski definition) is 0. The minimum Gasteiger partial charge on any atom is -0.497 e. The SMILES string of the molecule is COc1ccnc(-n2c3ccccc3c3ccc(Oc4cc(C)cc(-n5nc(C(C)C)c(C6C(C)=C[C@H](C)C[C@@H]6C)c5C(C)C)c4)cc32)c1. The molecule has 0 spiro atoms. The maximum Gasteiger partial charge on any atom is 0.141 e. The Kier molecular flexibility index (Phi) is 8.60. The van der Waals surface area contributed by atoms with Gasteiger partial charge in [0.1, 0.15) is 23.1 Å². The van der Waals surface area contributed by atoms with Crippen LogP contribution in [0.15, 0.2) is 90.6 Å². The topological polar surface area (TPSA) is 54.1 Å². The summed E-state index contributed by atoms with van der Waals surface area (Å²) in [5.41, 5.74) is 9.65. The minimum atomic E-state index is 0.300. The van der Waals surface area contributed by atoms with E-state index in [9.17, 15) is 0 Å². The second-order valence-electron chi connectivity index (χ2n) is 14.7. The molecule has 0 saturated heterocycles. The molecule has 6 nitrogen and oxygen atoms in total. The summed E-state index contributed by atoms with van der Waals surface area (Å²) in [6, 6.07) is 25.0. The Morgan fingerprint density at radius 1 is 0.796 bits per heavy atom. The molecule has 0 N–H and O–H groups in total. The third-order valence-corrected chi connectivity index (χ3v) is 10.1. The molecule has 3 heterocycles. The number of para-hydroxylation sites is 1. The van der Waals surface area contributed by atoms with Crippen LogP contribution < -0.4 is 9.47 Å². The first-order valence-corrected chi connectivity index (χ1v) is 17.7. The van der Waals surface area contributed by atoms with Crippen LogP contribution in [0.1, 0.15) is 95.2 Å². The molecule has 0 amide bonds. The molecule has 1 aliphatic rings. The zero-order valence-electron chi connectivity index (χ0n) is 30.3. The van der Waals surface area contributed by atoms with Gasteiger partial charge in [-0.1, -0.05) is 71.4 Å². The van der Waals surface area contributed by atoms with Gasteiger partial charge in [0.25, 0.3) is 0 Å². The number of benzene rings is 3. The Labute approximate surface area is 290 Å². The third-order valence-electron chi connectivity index (χ3n) is 10.1. The fourth-order valence-corrected chi connectivity index (χ4v) is 8.22. The van der Waals surface area contributed by atoms with E-state index >= 15 is 0 Å². The van der Waals surface area contributed by atoms with Gasteiger partial charge >= 0.3 is 0 Å². The summed E-state index contributed by atoms with van der Waals surface area (Å²) in [4.78, 5) is 4.72. The summed E-state index contributed by atoms with van der Waals surface area (Å²) >= 11 is 0. The summed E-state index contributed by atoms with van der Waals surface area (Å²) in [5, 5.41) is 7.69. The number of rotatable bonds is 8. The van der Waals surface area contributed by atoms with Crippen LogP contribution in [-0.4, -0.2) is 26.4 Å². The van der Waals surface area contributed by atoms with Gasteiger partial charge in [-0.05, 0) is 85.9 Å². The number of nitrogens with zero attached hydrogens (tertiary/aromatic N) is 4. The first kappa shape index (κ1) is 32.7. The molecule has 3 aromatic heterocycles. The number of allylic oxidation sites excluding steroid dienone is 2. The van der Waals surface area contributed by atoms with E-state index in [0.29, 0.717) is 29.6 Å². The Morgan fingerprint density at radius 2 is 1.57 bits per heavy atom. The number of methoxy groups -OCH3 is 1. The van der Waals surface area contributed by atoms with Gasteiger partial charge in [-0.25, -0.2) is 9.67 Å². The second kappa shape index (κ2) is 12.9. The van der Waals surface area contributed by atoms with Gasteiger partial charge in [0.2, 0.25) is 0 Å². The highest BCUT2D eigenvalue weighted by Gasteiger charge is 2.35. The molecular weight excluding hydrogens is 604 g/mol. The first-order chi connectivity index (χ1) is 23.5. The van der Waals surface area contributed by atoms with Crippen LogP contribution in [0.2, 0.25) is 0 Å². The molecule has 252 valence electrons. The highest BCUT2D eigenvalue weighted by molar-refractivity contribution is 6.09. The van der Waals surface area contributed by atoms with E-state index in [1.165, 1.54) is 28.9 Å². The van der Waals surface area contributed by atoms with Crippen molar-refractivity contribution in [1.82, 2.24) is 19.3 Å². The van der Waals surface area contributed by atoms with E-state index in [2.05, 4.69) is 131 Å². The van der Waals surface area contributed by atoms with Gasteiger partial charge < -0.3 is 9.47 Å². The zero-order chi connectivity index (χ0) is 34.6. The van der Waals surface area contributed by atoms with Crippen LogP contribution in [0, 0.1) is 18.8 Å². The van der Waals surface area contributed by atoms with E-state index in [-0.39, 0.29) is 0 Å². The standard InChI is InChI=1S/C43H48N4O2/c1-25(2)42-41(40-29(7)18-27(5)19-30(40)8)43(26(3)4)47(45-42)31-20-28(6)21-34(22-31)49-33-14-15-36-35-12-10-11-13-37(35)46(38(36)23-33)39-24-32(48-9)16-17-44-39/h10-18,20-27,30,40H,19H2,1-9H3/t27-,30-,40?/m0/s1. The Bertz CT molecular complexity index is 2200. The molecular formula is C43H48N4O2. The van der Waals surface area contributed by atoms with Gasteiger partial charge in [-0.3, -0.25) is 4.57 Å². The number of hydrogen-bond acceptors (Lipinski definition) is 4. The molecule has 3 aromatic carbocycles. The lowest BCUT2D eigenvalue weighted by Gasteiger charge is -2.33. The predicted molar refractivity (Wildman–Crippen MR) is 201 cm³/mol. The lowest BCUT2D eigenvalue weighted by molar-refractivity contribution is 0.388. The van der Waals surface area contributed by atoms with Crippen molar-refractivity contribution in [2.75, 3.05) is 7.11 Å². The fourth-order valence-electron chi connectivity index (χ4n) is 8.22. The second-order valence-corrected chi connectivity index (χ2v) is 14.7. The monoisotopic (exact) mass is 652 g/mol. The molecule has 0 saturated carbocycles. The third kappa shape index (κ3) is 5.92. The summed E-state index contributed by atoms with van der Waals surface area (Å²) in [7, 11) is 1.68. The van der Waals surface area contributed by atoms with Crippen LogP contribution in [0.25, 0.3) is 33.3 Å². The molecule has 6 aromatic rings. The van der Waals surface area contributed by atoms with Crippen LogP contribution in [0.4, 0.5) is 0 Å². The van der Waals surface area contributed by atoms with Crippen LogP contribution in [0.5, 0.6) is 17.2 Å². The number of ether oxygens (including phenoxy) is 2. The number of aromatic nitrogens is 4. The van der Waals surface area contributed by atoms with Crippen LogP contribution >= 0.6 is 0 Å². The lowest BCUT2D eigenvalue weighted by atomic mass is 9.71. The van der Waals surface area contributed by atoms with Crippen molar-refractivity contribution in [2.45, 2.75) is 79.6 Å². The largest absolute Gasteiger partial charge is 0.497 e. The number of pyridine rings is 1. The van der Waals surface area contributed by atoms with Crippen molar-refractivity contribution >= 4 is 21.8 Å². The van der Waals surface area contributed by atoms with Crippen molar-refractivity contribution in [3.8, 4) is 28.8 Å². The quantitative estimate of drug-likeness (QED) is 0.154. The van der Waals surface area contributed by atoms with E-state index in [0.717, 1.165) is 56.1 Å². The summed E-state index contributed by atoms with van der Waals surface area (Å²) in [6.07, 6.45) is 5.46. The van der Waals surface area contributed by atoms with E-state index in [1.54, 1.807) is 13.3 Å². The van der Waals surface area contributed by atoms with E-state index < -0.39 is 0 Å². The minimum absolute atomic E-state index is 0.300. The van der Waals surface area contributed by atoms with E-state index in [4.69, 9.17) is 19.6 Å². The molecule has 0 radical (unpaired) electrons. The van der Waals surface area contributed by atoms with Gasteiger partial charge in [-0.2, -0.15) is 5.10 Å². The molecule has 49 heavy (non-hydrogen) atoms. The van der Waals surface area contributed by atoms with Crippen molar-refractivity contribution < 1.29 is 9.47 Å². The van der Waals surface area contributed by atoms with E-state index in [1.807, 2.05) is 12.1 Å². The highest BCUT2D eigenvalue weighted by Crippen LogP contribution is 2.46. The Morgan fingerprint density at radius 3 is 2.31 bits per heavy atom. The van der Waals surface area contributed by atoms with Crippen molar-refractivity contribution in [1.29, 1.82) is 0 Å². The predicted octanol–water partition coefficient (Wildman–Crippen LogP) is 11.4. The van der Waals surface area contributed by atoms with Crippen molar-refractivity contribution in [3.63, 3.8) is 0 Å². The highest BCUT2D eigenvalue weighted by atomic mass is 16.5. The normalized spacial score (nSPS) is 18.1. The van der Waals surface area contributed by atoms with Gasteiger partial charge in [0, 0.05) is 46.6 Å². The molecule has 6 heteroatoms. The summed E-state index contributed by atoms with van der Waals surface area (Å²) in [5.74, 6) is 5.25. The average Bonchev–Trinajstić information content (AvgIpc) is 3.61. The summed E-state index contributed by atoms with van der Waals surface area (Å²) in [6.45, 7) is 18.4. The lowest BCUT2D eigenvalue weighted by Crippen LogP contribution is -2.21. The van der Waals surface area contributed by atoms with Crippen molar-refractivity contribution in [2.24, 2.45) is 11.8 Å². The first-order valence-electron chi connectivity index (χ1n) is 17.7. The molecule has 0 aliphatic heterocycles. The molecule has 1 aliphatic carbocycles. The van der Waals surface area contributed by atoms with Crippen LogP contribution in [0.3, 0.4) is 0 Å². The maximum atomic E-state index is 6.70. The zero-order valence-corrected chi connectivity index (χ0v) is 30.3. The maximum absolute atomic E-state index is 6.70. The Hall–Kier alpha value is -4.84. The average molecular weight is 653 g/mol. The molecule has 3 atom stereocenters. The molecule has 0 fully saturated rings. The molecule has 1 unspecified atom stereocenters. The molecule has 0 bridgehead atoms. The summed E-state index contributed by atoms with van der Waals surface area (Å²) < 4.78 is 16.6. The van der Waals surface area contributed by atoms with Gasteiger partial charge in [0.05, 0.1) is 35.2 Å². The molecule has 7 rings (SSSR count). The smallest absolute Gasteiger partial charge is 0.141 e. The van der Waals surface area contributed by atoms with Crippen molar-refractivity contribution in [3.05, 3.63) is 113 Å². The van der Waals surface area contributed by atoms with Gasteiger partial charge in [-0.15, -0.1) is 0 Å². The van der Waals surface area contributed by atoms with Crippen LogP contribution in [-0.2, 0) is 0 Å². The Balaban J connectivity index is 1.33. The number of fused-ring (bicyclic) bond motifs is 3.